The minimum absolute atomic E-state index is 0.0398. The van der Waals surface area contributed by atoms with Crippen molar-refractivity contribution in [3.8, 4) is 0 Å². The van der Waals surface area contributed by atoms with Crippen molar-refractivity contribution in [1.29, 1.82) is 0 Å². The van der Waals surface area contributed by atoms with Crippen LogP contribution < -0.4 is 10.0 Å². The molecule has 1 fully saturated rings. The van der Waals surface area contributed by atoms with Crippen LogP contribution in [0.5, 0.6) is 0 Å². The van der Waals surface area contributed by atoms with Crippen molar-refractivity contribution in [1.82, 2.24) is 5.32 Å². The molecule has 0 bridgehead atoms. The molecule has 2 N–H and O–H groups in total. The lowest BCUT2D eigenvalue weighted by Gasteiger charge is -2.24. The largest absolute Gasteiger partial charge is 0.371 e. The second-order valence-electron chi connectivity index (χ2n) is 5.54. The Morgan fingerprint density at radius 1 is 1.12 bits per heavy atom. The zero-order chi connectivity index (χ0) is 17.9. The van der Waals surface area contributed by atoms with E-state index in [1.54, 1.807) is 12.1 Å². The average Bonchev–Trinajstić information content (AvgIpc) is 2.63. The van der Waals surface area contributed by atoms with E-state index in [2.05, 4.69) is 10.0 Å². The maximum absolute atomic E-state index is 12.4. The van der Waals surface area contributed by atoms with Gasteiger partial charge in [0, 0.05) is 30.9 Å². The highest BCUT2D eigenvalue weighted by atomic mass is 32.2. The van der Waals surface area contributed by atoms with Gasteiger partial charge < -0.3 is 10.1 Å². The number of anilines is 1. The Morgan fingerprint density at radius 3 is 2.36 bits per heavy atom. The molecule has 0 aromatic heterocycles. The molecule has 8 nitrogen and oxygen atoms in total. The Bertz CT molecular complexity index is 844. The fraction of sp³-hybridized carbons (Fsp3) is 0.250. The van der Waals surface area contributed by atoms with Gasteiger partial charge >= 0.3 is 0 Å². The van der Waals surface area contributed by atoms with E-state index < -0.39 is 14.9 Å². The number of nitro groups is 1. The van der Waals surface area contributed by atoms with E-state index in [1.807, 2.05) is 12.1 Å². The highest BCUT2D eigenvalue weighted by molar-refractivity contribution is 7.92. The van der Waals surface area contributed by atoms with Crippen LogP contribution in [-0.2, 0) is 14.8 Å². The molecule has 1 aliphatic heterocycles. The van der Waals surface area contributed by atoms with Crippen molar-refractivity contribution in [2.75, 3.05) is 24.4 Å². The number of ether oxygens (including phenoxy) is 1. The van der Waals surface area contributed by atoms with Crippen molar-refractivity contribution in [2.24, 2.45) is 0 Å². The molecule has 0 saturated carbocycles. The molecule has 132 valence electrons. The first-order chi connectivity index (χ1) is 12.0. The van der Waals surface area contributed by atoms with E-state index in [4.69, 9.17) is 4.74 Å². The molecule has 1 heterocycles. The van der Waals surface area contributed by atoms with Gasteiger partial charge in [-0.2, -0.15) is 0 Å². The fourth-order valence-electron chi connectivity index (χ4n) is 2.51. The monoisotopic (exact) mass is 363 g/mol. The van der Waals surface area contributed by atoms with E-state index in [9.17, 15) is 18.5 Å². The van der Waals surface area contributed by atoms with Gasteiger partial charge in [0.2, 0.25) is 0 Å². The summed E-state index contributed by atoms with van der Waals surface area (Å²) in [6.07, 6.45) is -0.0471. The van der Waals surface area contributed by atoms with Crippen LogP contribution in [0, 0.1) is 10.1 Å². The predicted octanol–water partition coefficient (Wildman–Crippen LogP) is 2.06. The second kappa shape index (κ2) is 7.18. The van der Waals surface area contributed by atoms with Crippen LogP contribution in [0.25, 0.3) is 0 Å². The number of morpholine rings is 1. The molecule has 1 saturated heterocycles. The number of nitrogens with one attached hydrogen (secondary N) is 2. The van der Waals surface area contributed by atoms with Gasteiger partial charge in [0.05, 0.1) is 22.5 Å². The third-order valence-corrected chi connectivity index (χ3v) is 5.22. The predicted molar refractivity (Wildman–Crippen MR) is 91.9 cm³/mol. The van der Waals surface area contributed by atoms with Crippen molar-refractivity contribution < 1.29 is 18.1 Å². The number of benzene rings is 2. The summed E-state index contributed by atoms with van der Waals surface area (Å²) in [6, 6.07) is 11.7. The van der Waals surface area contributed by atoms with Gasteiger partial charge in [-0.05, 0) is 29.8 Å². The minimum Gasteiger partial charge on any atom is -0.371 e. The summed E-state index contributed by atoms with van der Waals surface area (Å²) in [5.74, 6) is 0. The van der Waals surface area contributed by atoms with Crippen LogP contribution in [0.3, 0.4) is 0 Å². The van der Waals surface area contributed by atoms with E-state index in [1.165, 1.54) is 12.1 Å². The molecule has 0 spiro atoms. The third-order valence-electron chi connectivity index (χ3n) is 3.82. The molecule has 0 radical (unpaired) electrons. The average molecular weight is 363 g/mol. The number of hydrogen-bond donors (Lipinski definition) is 2. The first-order valence-electron chi connectivity index (χ1n) is 7.65. The van der Waals surface area contributed by atoms with Crippen LogP contribution >= 0.6 is 0 Å². The number of nitrogens with zero attached hydrogens (tertiary/aromatic N) is 1. The summed E-state index contributed by atoms with van der Waals surface area (Å²) in [7, 11) is -3.81. The van der Waals surface area contributed by atoms with Crippen LogP contribution in [0.4, 0.5) is 11.4 Å². The van der Waals surface area contributed by atoms with E-state index in [0.29, 0.717) is 18.8 Å². The van der Waals surface area contributed by atoms with Crippen LogP contribution in [0.1, 0.15) is 11.7 Å². The number of rotatable bonds is 5. The van der Waals surface area contributed by atoms with Crippen LogP contribution in [0.15, 0.2) is 53.4 Å². The summed E-state index contributed by atoms with van der Waals surface area (Å²) < 4.78 is 32.8. The Morgan fingerprint density at radius 2 is 1.80 bits per heavy atom. The molecule has 0 aliphatic carbocycles. The van der Waals surface area contributed by atoms with Gasteiger partial charge in [0.25, 0.3) is 15.7 Å². The summed E-state index contributed by atoms with van der Waals surface area (Å²) in [4.78, 5) is 10.0. The van der Waals surface area contributed by atoms with Crippen LogP contribution in [0.2, 0.25) is 0 Å². The molecule has 9 heteroatoms. The van der Waals surface area contributed by atoms with Crippen molar-refractivity contribution in [3.63, 3.8) is 0 Å². The highest BCUT2D eigenvalue weighted by Gasteiger charge is 2.18. The lowest BCUT2D eigenvalue weighted by molar-refractivity contribution is -0.384. The Labute approximate surface area is 145 Å². The van der Waals surface area contributed by atoms with Crippen molar-refractivity contribution >= 4 is 21.4 Å². The van der Waals surface area contributed by atoms with Gasteiger partial charge in [0.15, 0.2) is 0 Å². The maximum atomic E-state index is 12.4. The molecule has 0 amide bonds. The van der Waals surface area contributed by atoms with Crippen molar-refractivity contribution in [3.05, 3.63) is 64.2 Å². The molecular weight excluding hydrogens is 346 g/mol. The first kappa shape index (κ1) is 17.3. The molecule has 2 aromatic rings. The smallest absolute Gasteiger partial charge is 0.269 e. The van der Waals surface area contributed by atoms with Crippen molar-refractivity contribution in [2.45, 2.75) is 11.0 Å². The standard InChI is InChI=1S/C16H17N3O5S/c20-19(21)14-5-7-15(8-6-14)25(22,23)18-13-3-1-12(2-4-13)16-11-17-9-10-24-16/h1-8,16-18H,9-11H2. The van der Waals surface area contributed by atoms with Gasteiger partial charge in [-0.1, -0.05) is 12.1 Å². The fourth-order valence-corrected chi connectivity index (χ4v) is 3.57. The van der Waals surface area contributed by atoms with E-state index in [-0.39, 0.29) is 16.7 Å². The summed E-state index contributed by atoms with van der Waals surface area (Å²) in [5, 5.41) is 13.9. The Hall–Kier alpha value is -2.49. The molecule has 1 unspecified atom stereocenters. The zero-order valence-electron chi connectivity index (χ0n) is 13.2. The summed E-state index contributed by atoms with van der Waals surface area (Å²) >= 11 is 0. The Balaban J connectivity index is 1.73. The van der Waals surface area contributed by atoms with E-state index in [0.717, 1.165) is 24.2 Å². The zero-order valence-corrected chi connectivity index (χ0v) is 14.0. The molecule has 1 atom stereocenters. The number of non-ortho nitro benzene ring substituents is 1. The number of hydrogen-bond acceptors (Lipinski definition) is 6. The van der Waals surface area contributed by atoms with Gasteiger partial charge in [-0.25, -0.2) is 8.42 Å². The molecular formula is C16H17N3O5S. The first-order valence-corrected chi connectivity index (χ1v) is 9.13. The van der Waals surface area contributed by atoms with Crippen LogP contribution in [-0.4, -0.2) is 33.0 Å². The molecule has 3 rings (SSSR count). The van der Waals surface area contributed by atoms with Gasteiger partial charge in [-0.15, -0.1) is 0 Å². The number of nitro benzene ring substituents is 1. The second-order valence-corrected chi connectivity index (χ2v) is 7.22. The summed E-state index contributed by atoms with van der Waals surface area (Å²) in [5.41, 5.74) is 1.21. The number of sulfonamides is 1. The summed E-state index contributed by atoms with van der Waals surface area (Å²) in [6.45, 7) is 2.18. The highest BCUT2D eigenvalue weighted by Crippen LogP contribution is 2.23. The quantitative estimate of drug-likeness (QED) is 0.621. The van der Waals surface area contributed by atoms with Gasteiger partial charge in [0.1, 0.15) is 0 Å². The Kier molecular flexibility index (Phi) is 4.98. The minimum atomic E-state index is -3.81. The lowest BCUT2D eigenvalue weighted by atomic mass is 10.1. The molecule has 2 aromatic carbocycles. The lowest BCUT2D eigenvalue weighted by Crippen LogP contribution is -2.33. The van der Waals surface area contributed by atoms with E-state index >= 15 is 0 Å². The normalized spacial score (nSPS) is 17.8. The molecule has 25 heavy (non-hydrogen) atoms. The van der Waals surface area contributed by atoms with Gasteiger partial charge in [-0.3, -0.25) is 14.8 Å². The topological polar surface area (TPSA) is 111 Å². The SMILES string of the molecule is O=[N+]([O-])c1ccc(S(=O)(=O)Nc2ccc(C3CNCCO3)cc2)cc1. The maximum Gasteiger partial charge on any atom is 0.269 e. The third kappa shape index (κ3) is 4.13. The molecule has 1 aliphatic rings.